The van der Waals surface area contributed by atoms with Crippen molar-refractivity contribution < 1.29 is 4.74 Å². The van der Waals surface area contributed by atoms with Crippen LogP contribution in [0.25, 0.3) is 0 Å². The van der Waals surface area contributed by atoms with Crippen molar-refractivity contribution in [3.8, 4) is 0 Å². The molecule has 0 fully saturated rings. The molecule has 0 radical (unpaired) electrons. The number of thioether (sulfide) groups is 1. The Kier molecular flexibility index (Phi) is 4.77. The van der Waals surface area contributed by atoms with E-state index in [-0.39, 0.29) is 0 Å². The summed E-state index contributed by atoms with van der Waals surface area (Å²) in [4.78, 5) is 4.27. The first kappa shape index (κ1) is 11.0. The van der Waals surface area contributed by atoms with Gasteiger partial charge in [-0.3, -0.25) is 0 Å². The summed E-state index contributed by atoms with van der Waals surface area (Å²) in [7, 11) is 1.71. The summed E-state index contributed by atoms with van der Waals surface area (Å²) in [6, 6.07) is 1.99. The van der Waals surface area contributed by atoms with E-state index in [1.165, 1.54) is 5.56 Å². The van der Waals surface area contributed by atoms with Crippen LogP contribution >= 0.6 is 27.7 Å². The third-order valence-electron chi connectivity index (χ3n) is 1.58. The lowest BCUT2D eigenvalue weighted by atomic mass is 10.3. The number of hydrogen-bond donors (Lipinski definition) is 0. The maximum absolute atomic E-state index is 4.97. The highest BCUT2D eigenvalue weighted by atomic mass is 79.9. The molecule has 72 valence electrons. The van der Waals surface area contributed by atoms with Crippen molar-refractivity contribution in [3.05, 3.63) is 22.3 Å². The fourth-order valence-corrected chi connectivity index (χ4v) is 2.28. The van der Waals surface area contributed by atoms with Crippen LogP contribution in [0.3, 0.4) is 0 Å². The SMILES string of the molecule is COCCSc1nccc(C)c1Br. The van der Waals surface area contributed by atoms with Crippen LogP contribution < -0.4 is 0 Å². The number of aryl methyl sites for hydroxylation is 1. The van der Waals surface area contributed by atoms with Crippen molar-refractivity contribution in [2.45, 2.75) is 11.9 Å². The number of hydrogen-bond acceptors (Lipinski definition) is 3. The molecular formula is C9H12BrNOS. The maximum atomic E-state index is 4.97. The van der Waals surface area contributed by atoms with Crippen molar-refractivity contribution in [2.24, 2.45) is 0 Å². The maximum Gasteiger partial charge on any atom is 0.111 e. The van der Waals surface area contributed by atoms with Crippen LogP contribution in [0.2, 0.25) is 0 Å². The average molecular weight is 262 g/mol. The van der Waals surface area contributed by atoms with Gasteiger partial charge in [0, 0.05) is 19.1 Å². The molecule has 0 amide bonds. The molecule has 0 atom stereocenters. The molecule has 2 nitrogen and oxygen atoms in total. The van der Waals surface area contributed by atoms with E-state index in [2.05, 4.69) is 27.8 Å². The number of methoxy groups -OCH3 is 1. The van der Waals surface area contributed by atoms with Crippen LogP contribution in [0.4, 0.5) is 0 Å². The zero-order valence-corrected chi connectivity index (χ0v) is 10.1. The molecule has 13 heavy (non-hydrogen) atoms. The molecule has 0 aliphatic heterocycles. The number of aromatic nitrogens is 1. The molecule has 0 N–H and O–H groups in total. The predicted octanol–water partition coefficient (Wildman–Crippen LogP) is 2.89. The summed E-state index contributed by atoms with van der Waals surface area (Å²) in [6.07, 6.45) is 1.83. The molecule has 0 aliphatic rings. The van der Waals surface area contributed by atoms with Crippen LogP contribution in [0.5, 0.6) is 0 Å². The van der Waals surface area contributed by atoms with E-state index in [0.717, 1.165) is 21.9 Å². The Morgan fingerprint density at radius 2 is 2.38 bits per heavy atom. The van der Waals surface area contributed by atoms with Gasteiger partial charge < -0.3 is 4.74 Å². The van der Waals surface area contributed by atoms with Crippen molar-refractivity contribution in [3.63, 3.8) is 0 Å². The molecule has 4 heteroatoms. The Labute approximate surface area is 91.2 Å². The van der Waals surface area contributed by atoms with Gasteiger partial charge in [0.2, 0.25) is 0 Å². The first-order valence-electron chi connectivity index (χ1n) is 3.98. The molecule has 0 aliphatic carbocycles. The topological polar surface area (TPSA) is 22.1 Å². The smallest absolute Gasteiger partial charge is 0.111 e. The number of nitrogens with zero attached hydrogens (tertiary/aromatic N) is 1. The average Bonchev–Trinajstić information content (AvgIpc) is 2.13. The Hall–Kier alpha value is -0.0600. The van der Waals surface area contributed by atoms with Gasteiger partial charge in [-0.25, -0.2) is 4.98 Å². The van der Waals surface area contributed by atoms with Crippen LogP contribution in [-0.4, -0.2) is 24.5 Å². The molecule has 1 aromatic heterocycles. The molecule has 0 aromatic carbocycles. The third kappa shape index (κ3) is 3.29. The molecular weight excluding hydrogens is 250 g/mol. The number of ether oxygens (including phenoxy) is 1. The lowest BCUT2D eigenvalue weighted by molar-refractivity contribution is 0.218. The quantitative estimate of drug-likeness (QED) is 0.615. The Morgan fingerprint density at radius 1 is 1.62 bits per heavy atom. The minimum absolute atomic E-state index is 0.757. The number of rotatable bonds is 4. The van der Waals surface area contributed by atoms with Gasteiger partial charge in [0.25, 0.3) is 0 Å². The largest absolute Gasteiger partial charge is 0.384 e. The van der Waals surface area contributed by atoms with E-state index in [4.69, 9.17) is 4.74 Å². The fourth-order valence-electron chi connectivity index (χ4n) is 0.838. The summed E-state index contributed by atoms with van der Waals surface area (Å²) >= 11 is 5.21. The number of pyridine rings is 1. The van der Waals surface area contributed by atoms with E-state index < -0.39 is 0 Å². The summed E-state index contributed by atoms with van der Waals surface area (Å²) < 4.78 is 6.06. The minimum atomic E-state index is 0.757. The first-order chi connectivity index (χ1) is 6.25. The van der Waals surface area contributed by atoms with Gasteiger partial charge in [-0.15, -0.1) is 11.8 Å². The van der Waals surface area contributed by atoms with E-state index in [9.17, 15) is 0 Å². The lowest BCUT2D eigenvalue weighted by Crippen LogP contribution is -1.93. The summed E-state index contributed by atoms with van der Waals surface area (Å²) in [5.74, 6) is 0.936. The molecule has 0 spiro atoms. The van der Waals surface area contributed by atoms with E-state index in [1.54, 1.807) is 18.9 Å². The molecule has 0 bridgehead atoms. The van der Waals surface area contributed by atoms with Crippen molar-refractivity contribution >= 4 is 27.7 Å². The highest BCUT2D eigenvalue weighted by Crippen LogP contribution is 2.27. The lowest BCUT2D eigenvalue weighted by Gasteiger charge is -2.04. The highest BCUT2D eigenvalue weighted by molar-refractivity contribution is 9.10. The van der Waals surface area contributed by atoms with Gasteiger partial charge in [0.05, 0.1) is 11.1 Å². The van der Waals surface area contributed by atoms with Crippen LogP contribution in [0.1, 0.15) is 5.56 Å². The molecule has 1 rings (SSSR count). The van der Waals surface area contributed by atoms with Gasteiger partial charge in [-0.05, 0) is 34.5 Å². The first-order valence-corrected chi connectivity index (χ1v) is 5.76. The second kappa shape index (κ2) is 5.62. The van der Waals surface area contributed by atoms with Crippen molar-refractivity contribution in [2.75, 3.05) is 19.5 Å². The van der Waals surface area contributed by atoms with Gasteiger partial charge in [0.1, 0.15) is 5.03 Å². The normalized spacial score (nSPS) is 10.4. The Bertz CT molecular complexity index is 280. The monoisotopic (exact) mass is 261 g/mol. The Morgan fingerprint density at radius 3 is 3.08 bits per heavy atom. The standard InChI is InChI=1S/C9H12BrNOS/c1-7-3-4-11-9(8(7)10)13-6-5-12-2/h3-4H,5-6H2,1-2H3. The van der Waals surface area contributed by atoms with E-state index in [1.807, 2.05) is 12.3 Å². The van der Waals surface area contributed by atoms with Crippen LogP contribution in [0, 0.1) is 6.92 Å². The van der Waals surface area contributed by atoms with Crippen LogP contribution in [0.15, 0.2) is 21.8 Å². The molecule has 0 saturated heterocycles. The zero-order valence-electron chi connectivity index (χ0n) is 7.71. The zero-order chi connectivity index (χ0) is 9.68. The minimum Gasteiger partial charge on any atom is -0.384 e. The molecule has 0 unspecified atom stereocenters. The third-order valence-corrected chi connectivity index (χ3v) is 3.79. The predicted molar refractivity (Wildman–Crippen MR) is 59.3 cm³/mol. The summed E-state index contributed by atoms with van der Waals surface area (Å²) in [5.41, 5.74) is 1.22. The Balaban J connectivity index is 2.61. The summed E-state index contributed by atoms with van der Waals surface area (Å²) in [6.45, 7) is 2.82. The van der Waals surface area contributed by atoms with Crippen LogP contribution in [-0.2, 0) is 4.74 Å². The van der Waals surface area contributed by atoms with Gasteiger partial charge in [-0.2, -0.15) is 0 Å². The summed E-state index contributed by atoms with van der Waals surface area (Å²) in [5, 5.41) is 1.04. The molecule has 1 aromatic rings. The number of halogens is 1. The van der Waals surface area contributed by atoms with Gasteiger partial charge >= 0.3 is 0 Å². The van der Waals surface area contributed by atoms with Gasteiger partial charge in [-0.1, -0.05) is 0 Å². The fraction of sp³-hybridized carbons (Fsp3) is 0.444. The van der Waals surface area contributed by atoms with E-state index in [0.29, 0.717) is 0 Å². The molecule has 0 saturated carbocycles. The second-order valence-corrected chi connectivity index (χ2v) is 4.46. The highest BCUT2D eigenvalue weighted by Gasteiger charge is 2.03. The van der Waals surface area contributed by atoms with Crippen molar-refractivity contribution in [1.29, 1.82) is 0 Å². The molecule has 1 heterocycles. The van der Waals surface area contributed by atoms with Crippen molar-refractivity contribution in [1.82, 2.24) is 4.98 Å². The van der Waals surface area contributed by atoms with E-state index >= 15 is 0 Å². The second-order valence-electron chi connectivity index (χ2n) is 2.59. The van der Waals surface area contributed by atoms with Gasteiger partial charge in [0.15, 0.2) is 0 Å².